The van der Waals surface area contributed by atoms with Crippen molar-refractivity contribution in [3.8, 4) is 0 Å². The molecule has 3 rings (SSSR count). The third-order valence-electron chi connectivity index (χ3n) is 7.00. The second kappa shape index (κ2) is 7.00. The SMILES string of the molecule is CN(C)C1(CNC2CCCCC2C2CCCCC2)CCC1. The third-order valence-corrected chi connectivity index (χ3v) is 7.00. The van der Waals surface area contributed by atoms with E-state index in [2.05, 4.69) is 24.3 Å². The van der Waals surface area contributed by atoms with Crippen LogP contribution in [0.1, 0.15) is 77.0 Å². The normalized spacial score (nSPS) is 33.9. The Morgan fingerprint density at radius 1 is 0.857 bits per heavy atom. The molecule has 0 spiro atoms. The summed E-state index contributed by atoms with van der Waals surface area (Å²) in [5.74, 6) is 2.02. The Morgan fingerprint density at radius 2 is 1.52 bits per heavy atom. The first-order valence-corrected chi connectivity index (χ1v) is 9.62. The summed E-state index contributed by atoms with van der Waals surface area (Å²) in [6, 6.07) is 0.819. The van der Waals surface area contributed by atoms with Gasteiger partial charge in [-0.15, -0.1) is 0 Å². The molecule has 3 fully saturated rings. The van der Waals surface area contributed by atoms with E-state index in [1.54, 1.807) is 0 Å². The van der Waals surface area contributed by atoms with Crippen LogP contribution in [0.2, 0.25) is 0 Å². The van der Waals surface area contributed by atoms with Crippen LogP contribution in [0.15, 0.2) is 0 Å². The first-order chi connectivity index (χ1) is 10.2. The predicted octanol–water partition coefficient (Wildman–Crippen LogP) is 4.20. The molecule has 3 aliphatic rings. The van der Waals surface area contributed by atoms with Crippen molar-refractivity contribution in [2.75, 3.05) is 20.6 Å². The molecule has 0 radical (unpaired) electrons. The average molecular weight is 293 g/mol. The summed E-state index contributed by atoms with van der Waals surface area (Å²) < 4.78 is 0. The van der Waals surface area contributed by atoms with E-state index >= 15 is 0 Å². The Balaban J connectivity index is 1.56. The largest absolute Gasteiger partial charge is 0.312 e. The molecule has 21 heavy (non-hydrogen) atoms. The molecule has 0 bridgehead atoms. The van der Waals surface area contributed by atoms with Crippen LogP contribution in [0.4, 0.5) is 0 Å². The number of likely N-dealkylation sites (N-methyl/N-ethyl adjacent to an activating group) is 1. The molecule has 2 heteroatoms. The summed E-state index contributed by atoms with van der Waals surface area (Å²) in [6.45, 7) is 1.23. The van der Waals surface area contributed by atoms with Crippen LogP contribution in [0.3, 0.4) is 0 Å². The van der Waals surface area contributed by atoms with E-state index in [0.717, 1.165) is 17.9 Å². The van der Waals surface area contributed by atoms with Gasteiger partial charge in [-0.1, -0.05) is 44.9 Å². The fourth-order valence-electron chi connectivity index (χ4n) is 5.23. The molecular weight excluding hydrogens is 256 g/mol. The molecule has 2 unspecified atom stereocenters. The minimum Gasteiger partial charge on any atom is -0.312 e. The van der Waals surface area contributed by atoms with Crippen molar-refractivity contribution in [2.24, 2.45) is 11.8 Å². The lowest BCUT2D eigenvalue weighted by atomic mass is 9.70. The van der Waals surface area contributed by atoms with Crippen molar-refractivity contribution < 1.29 is 0 Å². The summed E-state index contributed by atoms with van der Waals surface area (Å²) in [6.07, 6.45) is 17.6. The molecule has 0 amide bonds. The van der Waals surface area contributed by atoms with Crippen molar-refractivity contribution in [1.29, 1.82) is 0 Å². The maximum Gasteiger partial charge on any atom is 0.0328 e. The Kier molecular flexibility index (Phi) is 5.27. The van der Waals surface area contributed by atoms with Crippen LogP contribution in [0, 0.1) is 11.8 Å². The maximum atomic E-state index is 4.05. The lowest BCUT2D eigenvalue weighted by Gasteiger charge is -2.49. The smallest absolute Gasteiger partial charge is 0.0328 e. The van der Waals surface area contributed by atoms with Gasteiger partial charge in [0.15, 0.2) is 0 Å². The van der Waals surface area contributed by atoms with Gasteiger partial charge in [0, 0.05) is 18.1 Å². The van der Waals surface area contributed by atoms with Gasteiger partial charge in [0.25, 0.3) is 0 Å². The van der Waals surface area contributed by atoms with E-state index in [-0.39, 0.29) is 0 Å². The number of nitrogens with one attached hydrogen (secondary N) is 1. The van der Waals surface area contributed by atoms with Crippen LogP contribution in [0.5, 0.6) is 0 Å². The highest BCUT2D eigenvalue weighted by Gasteiger charge is 2.40. The van der Waals surface area contributed by atoms with Gasteiger partial charge in [-0.3, -0.25) is 0 Å². The summed E-state index contributed by atoms with van der Waals surface area (Å²) in [4.78, 5) is 2.49. The summed E-state index contributed by atoms with van der Waals surface area (Å²) >= 11 is 0. The zero-order valence-electron chi connectivity index (χ0n) is 14.4. The lowest BCUT2D eigenvalue weighted by Crippen LogP contribution is -2.59. The Bertz CT molecular complexity index is 316. The molecule has 2 nitrogen and oxygen atoms in total. The molecule has 122 valence electrons. The van der Waals surface area contributed by atoms with Gasteiger partial charge in [-0.2, -0.15) is 0 Å². The highest BCUT2D eigenvalue weighted by molar-refractivity contribution is 4.99. The topological polar surface area (TPSA) is 15.3 Å². The average Bonchev–Trinajstić information content (AvgIpc) is 2.47. The van der Waals surface area contributed by atoms with E-state index < -0.39 is 0 Å². The van der Waals surface area contributed by atoms with E-state index in [9.17, 15) is 0 Å². The quantitative estimate of drug-likeness (QED) is 0.817. The van der Waals surface area contributed by atoms with Gasteiger partial charge in [0.2, 0.25) is 0 Å². The zero-order chi connectivity index (χ0) is 14.7. The molecule has 0 heterocycles. The van der Waals surface area contributed by atoms with E-state index in [1.807, 2.05) is 0 Å². The molecular formula is C19H36N2. The lowest BCUT2D eigenvalue weighted by molar-refractivity contribution is 0.0471. The zero-order valence-corrected chi connectivity index (χ0v) is 14.4. The van der Waals surface area contributed by atoms with Crippen molar-refractivity contribution in [3.05, 3.63) is 0 Å². The van der Waals surface area contributed by atoms with Gasteiger partial charge in [0.1, 0.15) is 0 Å². The van der Waals surface area contributed by atoms with Crippen LogP contribution < -0.4 is 5.32 Å². The number of rotatable bonds is 5. The van der Waals surface area contributed by atoms with E-state index in [1.165, 1.54) is 83.6 Å². The molecule has 3 aliphatic carbocycles. The fourth-order valence-corrected chi connectivity index (χ4v) is 5.23. The maximum absolute atomic E-state index is 4.05. The predicted molar refractivity (Wildman–Crippen MR) is 90.6 cm³/mol. The van der Waals surface area contributed by atoms with Gasteiger partial charge in [-0.05, 0) is 58.0 Å². The van der Waals surface area contributed by atoms with E-state index in [0.29, 0.717) is 5.54 Å². The molecule has 0 aromatic carbocycles. The summed E-state index contributed by atoms with van der Waals surface area (Å²) in [5.41, 5.74) is 0.481. The molecule has 2 atom stereocenters. The third kappa shape index (κ3) is 3.47. The summed E-state index contributed by atoms with van der Waals surface area (Å²) in [7, 11) is 4.56. The highest BCUT2D eigenvalue weighted by atomic mass is 15.2. The van der Waals surface area contributed by atoms with Crippen LogP contribution in [-0.4, -0.2) is 37.1 Å². The van der Waals surface area contributed by atoms with Crippen molar-refractivity contribution in [2.45, 2.75) is 88.6 Å². The molecule has 0 aromatic heterocycles. The number of nitrogens with zero attached hydrogens (tertiary/aromatic N) is 1. The van der Waals surface area contributed by atoms with Gasteiger partial charge in [0.05, 0.1) is 0 Å². The minimum absolute atomic E-state index is 0.481. The van der Waals surface area contributed by atoms with Crippen LogP contribution in [-0.2, 0) is 0 Å². The highest BCUT2D eigenvalue weighted by Crippen LogP contribution is 2.40. The Morgan fingerprint density at radius 3 is 2.14 bits per heavy atom. The first kappa shape index (κ1) is 15.8. The minimum atomic E-state index is 0.481. The fraction of sp³-hybridized carbons (Fsp3) is 1.00. The molecule has 0 saturated heterocycles. The van der Waals surface area contributed by atoms with Crippen molar-refractivity contribution in [1.82, 2.24) is 10.2 Å². The molecule has 0 aromatic rings. The first-order valence-electron chi connectivity index (χ1n) is 9.62. The Labute approximate surface area is 132 Å². The number of hydrogen-bond donors (Lipinski definition) is 1. The molecule has 0 aliphatic heterocycles. The summed E-state index contributed by atoms with van der Waals surface area (Å²) in [5, 5.41) is 4.05. The standard InChI is InChI=1S/C19H36N2/c1-21(2)19(13-8-14-19)15-20-18-12-7-6-11-17(18)16-9-4-3-5-10-16/h16-18,20H,3-15H2,1-2H3. The molecule has 3 saturated carbocycles. The Hall–Kier alpha value is -0.0800. The van der Waals surface area contributed by atoms with Crippen LogP contribution >= 0.6 is 0 Å². The second-order valence-corrected chi connectivity index (χ2v) is 8.31. The van der Waals surface area contributed by atoms with Crippen LogP contribution in [0.25, 0.3) is 0 Å². The van der Waals surface area contributed by atoms with E-state index in [4.69, 9.17) is 0 Å². The molecule has 1 N–H and O–H groups in total. The monoisotopic (exact) mass is 292 g/mol. The van der Waals surface area contributed by atoms with Gasteiger partial charge in [-0.25, -0.2) is 0 Å². The number of hydrogen-bond acceptors (Lipinski definition) is 2. The van der Waals surface area contributed by atoms with Crippen molar-refractivity contribution >= 4 is 0 Å². The van der Waals surface area contributed by atoms with Gasteiger partial charge >= 0.3 is 0 Å². The second-order valence-electron chi connectivity index (χ2n) is 8.31. The van der Waals surface area contributed by atoms with Gasteiger partial charge < -0.3 is 10.2 Å². The van der Waals surface area contributed by atoms with Crippen molar-refractivity contribution in [3.63, 3.8) is 0 Å².